The molecule has 0 amide bonds. The van der Waals surface area contributed by atoms with Gasteiger partial charge in [-0.05, 0) is 49.2 Å². The molecule has 174 valence electrons. The third kappa shape index (κ3) is 4.35. The second kappa shape index (κ2) is 8.79. The van der Waals surface area contributed by atoms with Gasteiger partial charge in [0.15, 0.2) is 11.5 Å². The van der Waals surface area contributed by atoms with Gasteiger partial charge in [-0.2, -0.15) is 4.31 Å². The third-order valence-corrected chi connectivity index (χ3v) is 8.22. The van der Waals surface area contributed by atoms with Crippen LogP contribution < -0.4 is 15.0 Å². The van der Waals surface area contributed by atoms with Crippen LogP contribution in [0.1, 0.15) is 37.7 Å². The van der Waals surface area contributed by atoms with Crippen molar-refractivity contribution in [3.05, 3.63) is 64.2 Å². The van der Waals surface area contributed by atoms with Gasteiger partial charge in [0, 0.05) is 29.6 Å². The molecule has 1 aliphatic carbocycles. The monoisotopic (exact) mass is 472 g/mol. The highest BCUT2D eigenvalue weighted by molar-refractivity contribution is 7.89. The Morgan fingerprint density at radius 1 is 0.970 bits per heavy atom. The van der Waals surface area contributed by atoms with Gasteiger partial charge < -0.3 is 14.5 Å². The topological polar surface area (TPSA) is 88.7 Å². The number of rotatable bonds is 5. The lowest BCUT2D eigenvalue weighted by atomic mass is 9.95. The van der Waals surface area contributed by atoms with E-state index in [-0.39, 0.29) is 23.0 Å². The van der Waals surface area contributed by atoms with Crippen LogP contribution in [-0.2, 0) is 16.6 Å². The smallest absolute Gasteiger partial charge is 0.252 e. The summed E-state index contributed by atoms with van der Waals surface area (Å²) in [5, 5.41) is 0.733. The molecule has 0 radical (unpaired) electrons. The van der Waals surface area contributed by atoms with E-state index in [9.17, 15) is 17.6 Å². The van der Waals surface area contributed by atoms with Gasteiger partial charge in [0.1, 0.15) is 19.0 Å². The Hall–Kier alpha value is -2.91. The number of aromatic amines is 1. The number of sulfonamides is 1. The molecule has 3 aromatic rings. The number of aromatic nitrogens is 1. The summed E-state index contributed by atoms with van der Waals surface area (Å²) in [6, 6.07) is 9.83. The van der Waals surface area contributed by atoms with Crippen molar-refractivity contribution < 1.29 is 22.3 Å². The number of nitrogens with one attached hydrogen (secondary N) is 1. The molecule has 1 aliphatic heterocycles. The fourth-order valence-corrected chi connectivity index (χ4v) is 6.26. The summed E-state index contributed by atoms with van der Waals surface area (Å²) in [6.45, 7) is 0.822. The lowest BCUT2D eigenvalue weighted by Gasteiger charge is -2.33. The molecule has 7 nitrogen and oxygen atoms in total. The first kappa shape index (κ1) is 21.9. The highest BCUT2D eigenvalue weighted by Crippen LogP contribution is 2.34. The molecule has 2 aliphatic rings. The van der Waals surface area contributed by atoms with Gasteiger partial charge in [0.05, 0.1) is 10.4 Å². The maximum absolute atomic E-state index is 13.6. The van der Waals surface area contributed by atoms with E-state index in [0.717, 1.165) is 49.6 Å². The highest BCUT2D eigenvalue weighted by atomic mass is 32.2. The van der Waals surface area contributed by atoms with Crippen LogP contribution in [0.3, 0.4) is 0 Å². The molecule has 9 heteroatoms. The second-order valence-corrected chi connectivity index (χ2v) is 10.4. The Labute approximate surface area is 191 Å². The molecule has 0 atom stereocenters. The van der Waals surface area contributed by atoms with Gasteiger partial charge in [-0.1, -0.05) is 19.3 Å². The van der Waals surface area contributed by atoms with Crippen molar-refractivity contribution in [3.63, 3.8) is 0 Å². The number of H-pyrrole nitrogens is 1. The van der Waals surface area contributed by atoms with Crippen molar-refractivity contribution in [2.45, 2.75) is 49.6 Å². The van der Waals surface area contributed by atoms with Crippen LogP contribution in [0.5, 0.6) is 11.5 Å². The van der Waals surface area contributed by atoms with E-state index in [4.69, 9.17) is 9.47 Å². The lowest BCUT2D eigenvalue weighted by molar-refractivity contribution is 0.172. The van der Waals surface area contributed by atoms with Gasteiger partial charge in [-0.3, -0.25) is 4.79 Å². The minimum atomic E-state index is -3.93. The fraction of sp³-hybridized carbons (Fsp3) is 0.375. The van der Waals surface area contributed by atoms with Crippen LogP contribution in [0, 0.1) is 5.82 Å². The predicted molar refractivity (Wildman–Crippen MR) is 122 cm³/mol. The number of hydrogen-bond acceptors (Lipinski definition) is 5. The average Bonchev–Trinajstić information content (AvgIpc) is 2.82. The largest absolute Gasteiger partial charge is 0.486 e. The maximum Gasteiger partial charge on any atom is 0.252 e. The van der Waals surface area contributed by atoms with Gasteiger partial charge in [0.2, 0.25) is 10.0 Å². The van der Waals surface area contributed by atoms with Crippen molar-refractivity contribution in [2.75, 3.05) is 13.2 Å². The summed E-state index contributed by atoms with van der Waals surface area (Å²) in [5.41, 5.74) is 0.586. The predicted octanol–water partition coefficient (Wildman–Crippen LogP) is 3.96. The van der Waals surface area contributed by atoms with Crippen molar-refractivity contribution in [2.24, 2.45) is 0 Å². The van der Waals surface area contributed by atoms with Crippen LogP contribution in [0.2, 0.25) is 0 Å². The van der Waals surface area contributed by atoms with Crippen molar-refractivity contribution >= 4 is 20.9 Å². The Morgan fingerprint density at radius 3 is 2.33 bits per heavy atom. The number of ether oxygens (including phenoxy) is 2. The van der Waals surface area contributed by atoms with Crippen LogP contribution in [0.25, 0.3) is 10.9 Å². The summed E-state index contributed by atoms with van der Waals surface area (Å²) < 4.78 is 53.2. The Bertz CT molecular complexity index is 1330. The number of benzene rings is 2. The zero-order valence-corrected chi connectivity index (χ0v) is 18.9. The molecule has 2 heterocycles. The van der Waals surface area contributed by atoms with Crippen molar-refractivity contribution in [3.8, 4) is 11.5 Å². The number of halogens is 1. The van der Waals surface area contributed by atoms with E-state index in [1.807, 2.05) is 0 Å². The first-order valence-electron chi connectivity index (χ1n) is 11.1. The molecule has 5 rings (SSSR count). The normalized spacial score (nSPS) is 16.9. The SMILES string of the molecule is O=c1[nH]c2cc3c(cc2cc1CN(C1CCCCC1)S(=O)(=O)c1ccc(F)cc1)OCCO3. The summed E-state index contributed by atoms with van der Waals surface area (Å²) in [4.78, 5) is 15.8. The van der Waals surface area contributed by atoms with Gasteiger partial charge >= 0.3 is 0 Å². The Morgan fingerprint density at radius 2 is 1.64 bits per heavy atom. The summed E-state index contributed by atoms with van der Waals surface area (Å²) in [5.74, 6) is 0.661. The van der Waals surface area contributed by atoms with E-state index in [2.05, 4.69) is 4.98 Å². The highest BCUT2D eigenvalue weighted by Gasteiger charge is 2.33. The molecular weight excluding hydrogens is 447 g/mol. The minimum Gasteiger partial charge on any atom is -0.486 e. The number of pyridine rings is 1. The molecule has 0 saturated heterocycles. The van der Waals surface area contributed by atoms with Crippen LogP contribution in [-0.4, -0.2) is 37.0 Å². The molecule has 0 bridgehead atoms. The van der Waals surface area contributed by atoms with Crippen LogP contribution in [0.4, 0.5) is 4.39 Å². The summed E-state index contributed by atoms with van der Waals surface area (Å²) in [7, 11) is -3.93. The minimum absolute atomic E-state index is 0.0197. The average molecular weight is 473 g/mol. The van der Waals surface area contributed by atoms with E-state index in [0.29, 0.717) is 35.8 Å². The maximum atomic E-state index is 13.6. The molecule has 1 saturated carbocycles. The van der Waals surface area contributed by atoms with Crippen molar-refractivity contribution in [1.82, 2.24) is 9.29 Å². The van der Waals surface area contributed by atoms with Crippen LogP contribution >= 0.6 is 0 Å². The van der Waals surface area contributed by atoms with E-state index >= 15 is 0 Å². The van der Waals surface area contributed by atoms with Crippen LogP contribution in [0.15, 0.2) is 52.2 Å². The standard InChI is InChI=1S/C24H25FN2O5S/c25-18-6-8-20(9-7-18)33(29,30)27(19-4-2-1-3-5-19)15-17-12-16-13-22-23(32-11-10-31-22)14-21(16)26-24(17)28/h6-9,12-14,19H,1-5,10-11,15H2,(H,26,28). The second-order valence-electron chi connectivity index (χ2n) is 8.50. The third-order valence-electron chi connectivity index (χ3n) is 6.31. The number of nitrogens with zero attached hydrogens (tertiary/aromatic N) is 1. The van der Waals surface area contributed by atoms with E-state index in [1.54, 1.807) is 18.2 Å². The van der Waals surface area contributed by atoms with Gasteiger partial charge in [-0.25, -0.2) is 12.8 Å². The molecule has 0 spiro atoms. The lowest BCUT2D eigenvalue weighted by Crippen LogP contribution is -2.42. The van der Waals surface area contributed by atoms with E-state index < -0.39 is 15.8 Å². The Kier molecular flexibility index (Phi) is 5.84. The van der Waals surface area contributed by atoms with Crippen molar-refractivity contribution in [1.29, 1.82) is 0 Å². The fourth-order valence-electron chi connectivity index (χ4n) is 4.59. The first-order valence-corrected chi connectivity index (χ1v) is 12.6. The first-order chi connectivity index (χ1) is 15.9. The molecule has 1 N–H and O–H groups in total. The Balaban J connectivity index is 1.55. The zero-order valence-electron chi connectivity index (χ0n) is 18.1. The molecule has 1 aromatic heterocycles. The summed E-state index contributed by atoms with van der Waals surface area (Å²) >= 11 is 0. The van der Waals surface area contributed by atoms with Gasteiger partial charge in [-0.15, -0.1) is 0 Å². The summed E-state index contributed by atoms with van der Waals surface area (Å²) in [6.07, 6.45) is 4.37. The number of hydrogen-bond donors (Lipinski definition) is 1. The van der Waals surface area contributed by atoms with Gasteiger partial charge in [0.25, 0.3) is 5.56 Å². The van der Waals surface area contributed by atoms with E-state index in [1.165, 1.54) is 16.4 Å². The number of fused-ring (bicyclic) bond motifs is 2. The molecule has 1 fully saturated rings. The zero-order chi connectivity index (χ0) is 23.0. The molecular formula is C24H25FN2O5S. The molecule has 33 heavy (non-hydrogen) atoms. The molecule has 2 aromatic carbocycles. The quantitative estimate of drug-likeness (QED) is 0.607. The molecule has 0 unspecified atom stereocenters.